The van der Waals surface area contributed by atoms with Crippen molar-refractivity contribution in [2.45, 2.75) is 6.10 Å². The largest absolute Gasteiger partial charge is 0.384 e. The van der Waals surface area contributed by atoms with Crippen molar-refractivity contribution in [3.8, 4) is 6.07 Å². The zero-order valence-corrected chi connectivity index (χ0v) is 8.41. The van der Waals surface area contributed by atoms with Crippen LogP contribution in [0.4, 0.5) is 0 Å². The maximum atomic E-state index is 9.99. The van der Waals surface area contributed by atoms with E-state index in [4.69, 9.17) is 5.26 Å². The Kier molecular flexibility index (Phi) is 2.90. The number of aromatic nitrogens is 2. The quantitative estimate of drug-likeness (QED) is 0.815. The van der Waals surface area contributed by atoms with Crippen LogP contribution in [0.1, 0.15) is 22.8 Å². The molecule has 1 heterocycles. The van der Waals surface area contributed by atoms with Gasteiger partial charge in [-0.15, -0.1) is 0 Å². The number of rotatable bonds is 2. The molecule has 1 N–H and O–H groups in total. The number of nitrogens with zero attached hydrogens (tertiary/aromatic N) is 3. The smallest absolute Gasteiger partial charge is 0.115 e. The lowest BCUT2D eigenvalue weighted by molar-refractivity contribution is 0.219. The Morgan fingerprint density at radius 1 is 1.06 bits per heavy atom. The Balaban J connectivity index is 2.28. The molecule has 0 saturated carbocycles. The molecule has 0 amide bonds. The number of benzene rings is 1. The highest BCUT2D eigenvalue weighted by molar-refractivity contribution is 5.34. The van der Waals surface area contributed by atoms with Crippen molar-refractivity contribution in [1.29, 1.82) is 5.26 Å². The molecule has 0 aliphatic heterocycles. The van der Waals surface area contributed by atoms with Crippen molar-refractivity contribution in [3.05, 3.63) is 59.7 Å². The third kappa shape index (κ3) is 2.05. The van der Waals surface area contributed by atoms with E-state index in [1.807, 2.05) is 6.07 Å². The minimum absolute atomic E-state index is 0.570. The van der Waals surface area contributed by atoms with Crippen LogP contribution in [-0.2, 0) is 0 Å². The normalized spacial score (nSPS) is 11.8. The highest BCUT2D eigenvalue weighted by Crippen LogP contribution is 2.20. The molecule has 16 heavy (non-hydrogen) atoms. The Morgan fingerprint density at radius 2 is 1.69 bits per heavy atom. The van der Waals surface area contributed by atoms with Crippen LogP contribution in [0.25, 0.3) is 0 Å². The Bertz CT molecular complexity index is 502. The van der Waals surface area contributed by atoms with Gasteiger partial charge in [0, 0.05) is 18.0 Å². The summed E-state index contributed by atoms with van der Waals surface area (Å²) in [4.78, 5) is 7.68. The summed E-state index contributed by atoms with van der Waals surface area (Å²) < 4.78 is 0. The zero-order chi connectivity index (χ0) is 11.4. The molecule has 0 saturated heterocycles. The first-order valence-electron chi connectivity index (χ1n) is 4.74. The van der Waals surface area contributed by atoms with E-state index in [1.165, 1.54) is 6.33 Å². The van der Waals surface area contributed by atoms with E-state index in [2.05, 4.69) is 9.97 Å². The fraction of sp³-hybridized carbons (Fsp3) is 0.0833. The predicted molar refractivity (Wildman–Crippen MR) is 57.3 cm³/mol. The van der Waals surface area contributed by atoms with Crippen molar-refractivity contribution in [2.75, 3.05) is 0 Å². The van der Waals surface area contributed by atoms with Gasteiger partial charge in [-0.3, -0.25) is 0 Å². The minimum atomic E-state index is -0.756. The number of hydrogen-bond acceptors (Lipinski definition) is 4. The van der Waals surface area contributed by atoms with Crippen LogP contribution in [-0.4, -0.2) is 15.1 Å². The Morgan fingerprint density at radius 3 is 2.25 bits per heavy atom. The molecule has 2 rings (SSSR count). The molecular weight excluding hydrogens is 202 g/mol. The van der Waals surface area contributed by atoms with Gasteiger partial charge in [0.25, 0.3) is 0 Å². The second kappa shape index (κ2) is 4.51. The van der Waals surface area contributed by atoms with Crippen LogP contribution >= 0.6 is 0 Å². The molecule has 0 aliphatic rings. The molecule has 78 valence electrons. The van der Waals surface area contributed by atoms with Crippen LogP contribution in [0.5, 0.6) is 0 Å². The molecule has 1 aromatic carbocycles. The van der Waals surface area contributed by atoms with E-state index in [9.17, 15) is 5.11 Å². The third-order valence-corrected chi connectivity index (χ3v) is 2.25. The van der Waals surface area contributed by atoms with E-state index in [0.717, 1.165) is 0 Å². The third-order valence-electron chi connectivity index (χ3n) is 2.25. The van der Waals surface area contributed by atoms with Gasteiger partial charge in [0.15, 0.2) is 0 Å². The van der Waals surface area contributed by atoms with Crippen LogP contribution < -0.4 is 0 Å². The van der Waals surface area contributed by atoms with Gasteiger partial charge >= 0.3 is 0 Å². The summed E-state index contributed by atoms with van der Waals surface area (Å²) in [5, 5.41) is 18.6. The summed E-state index contributed by atoms with van der Waals surface area (Å²) in [5.74, 6) is 0. The Hall–Kier alpha value is -2.25. The Labute approximate surface area is 92.8 Å². The molecule has 4 nitrogen and oxygen atoms in total. The maximum absolute atomic E-state index is 9.99. The number of hydrogen-bond donors (Lipinski definition) is 1. The van der Waals surface area contributed by atoms with E-state index in [1.54, 1.807) is 36.7 Å². The first kappa shape index (κ1) is 10.3. The highest BCUT2D eigenvalue weighted by atomic mass is 16.3. The van der Waals surface area contributed by atoms with Gasteiger partial charge in [-0.2, -0.15) is 5.26 Å². The molecule has 0 aliphatic carbocycles. The summed E-state index contributed by atoms with van der Waals surface area (Å²) in [6, 6.07) is 8.80. The van der Waals surface area contributed by atoms with Gasteiger partial charge in [-0.05, 0) is 17.7 Å². The fourth-order valence-electron chi connectivity index (χ4n) is 1.38. The van der Waals surface area contributed by atoms with Crippen molar-refractivity contribution < 1.29 is 5.11 Å². The van der Waals surface area contributed by atoms with Gasteiger partial charge in [0.2, 0.25) is 0 Å². The molecule has 2 aromatic rings. The average Bonchev–Trinajstić information content (AvgIpc) is 2.39. The number of nitriles is 1. The first-order chi connectivity index (χ1) is 7.81. The molecule has 0 bridgehead atoms. The van der Waals surface area contributed by atoms with Crippen molar-refractivity contribution >= 4 is 0 Å². The molecule has 0 spiro atoms. The van der Waals surface area contributed by atoms with Crippen LogP contribution in [0.15, 0.2) is 43.0 Å². The zero-order valence-electron chi connectivity index (χ0n) is 8.41. The topological polar surface area (TPSA) is 69.8 Å². The van der Waals surface area contributed by atoms with Gasteiger partial charge in [-0.25, -0.2) is 9.97 Å². The lowest BCUT2D eigenvalue weighted by Gasteiger charge is -2.09. The predicted octanol–water partition coefficient (Wildman–Crippen LogP) is 1.43. The van der Waals surface area contributed by atoms with Crippen LogP contribution in [0.3, 0.4) is 0 Å². The standard InChI is InChI=1S/C12H9N3O/c13-5-9-1-3-10(4-2-9)12(16)11-6-14-8-15-7-11/h1-4,6-8,12,16H. The second-order valence-corrected chi connectivity index (χ2v) is 3.31. The van der Waals surface area contributed by atoms with E-state index in [-0.39, 0.29) is 0 Å². The molecule has 0 fully saturated rings. The van der Waals surface area contributed by atoms with Gasteiger partial charge in [-0.1, -0.05) is 12.1 Å². The lowest BCUT2D eigenvalue weighted by Crippen LogP contribution is -2.00. The highest BCUT2D eigenvalue weighted by Gasteiger charge is 2.10. The summed E-state index contributed by atoms with van der Waals surface area (Å²) in [6.07, 6.45) is 3.79. The van der Waals surface area contributed by atoms with E-state index < -0.39 is 6.10 Å². The fourth-order valence-corrected chi connectivity index (χ4v) is 1.38. The molecule has 1 aromatic heterocycles. The second-order valence-electron chi connectivity index (χ2n) is 3.31. The summed E-state index contributed by atoms with van der Waals surface area (Å²) in [7, 11) is 0. The minimum Gasteiger partial charge on any atom is -0.384 e. The molecule has 0 radical (unpaired) electrons. The van der Waals surface area contributed by atoms with Crippen molar-refractivity contribution in [3.63, 3.8) is 0 Å². The molecule has 1 atom stereocenters. The van der Waals surface area contributed by atoms with Crippen molar-refractivity contribution in [1.82, 2.24) is 9.97 Å². The van der Waals surface area contributed by atoms with Gasteiger partial charge < -0.3 is 5.11 Å². The van der Waals surface area contributed by atoms with Gasteiger partial charge in [0.1, 0.15) is 12.4 Å². The summed E-state index contributed by atoms with van der Waals surface area (Å²) >= 11 is 0. The van der Waals surface area contributed by atoms with Crippen LogP contribution in [0, 0.1) is 11.3 Å². The molecule has 1 unspecified atom stereocenters. The first-order valence-corrected chi connectivity index (χ1v) is 4.74. The molecular formula is C12H9N3O. The monoisotopic (exact) mass is 211 g/mol. The van der Waals surface area contributed by atoms with Crippen LogP contribution in [0.2, 0.25) is 0 Å². The summed E-state index contributed by atoms with van der Waals surface area (Å²) in [5.41, 5.74) is 1.92. The van der Waals surface area contributed by atoms with Crippen molar-refractivity contribution in [2.24, 2.45) is 0 Å². The average molecular weight is 211 g/mol. The number of aliphatic hydroxyl groups is 1. The maximum Gasteiger partial charge on any atom is 0.115 e. The van der Waals surface area contributed by atoms with E-state index >= 15 is 0 Å². The number of aliphatic hydroxyl groups excluding tert-OH is 1. The van der Waals surface area contributed by atoms with Gasteiger partial charge in [0.05, 0.1) is 11.6 Å². The van der Waals surface area contributed by atoms with E-state index in [0.29, 0.717) is 16.7 Å². The molecule has 4 heteroatoms. The SMILES string of the molecule is N#Cc1ccc(C(O)c2cncnc2)cc1. The summed E-state index contributed by atoms with van der Waals surface area (Å²) in [6.45, 7) is 0. The lowest BCUT2D eigenvalue weighted by atomic mass is 10.0.